The van der Waals surface area contributed by atoms with Crippen LogP contribution in [0, 0.1) is 0 Å². The number of nitrogens with zero attached hydrogens (tertiary/aromatic N) is 1. The Morgan fingerprint density at radius 2 is 1.88 bits per heavy atom. The van der Waals surface area contributed by atoms with Gasteiger partial charge < -0.3 is 4.90 Å². The number of Topliss-reactive ketones (excluding diaryl/α,β-unsaturated/α-hetero) is 1. The number of hydrogen-bond donors (Lipinski definition) is 0. The molecule has 2 heteroatoms. The maximum atomic E-state index is 11.3. The monoisotopic (exact) mass is 217 g/mol. The van der Waals surface area contributed by atoms with Crippen LogP contribution in [0.3, 0.4) is 0 Å². The quantitative estimate of drug-likeness (QED) is 0.721. The highest BCUT2D eigenvalue weighted by Crippen LogP contribution is 2.32. The van der Waals surface area contributed by atoms with Gasteiger partial charge in [0, 0.05) is 18.7 Å². The van der Waals surface area contributed by atoms with E-state index in [2.05, 4.69) is 43.9 Å². The minimum atomic E-state index is 0.127. The lowest BCUT2D eigenvalue weighted by molar-refractivity contribution is -0.116. The molecular weight excluding hydrogens is 198 g/mol. The first-order valence-electron chi connectivity index (χ1n) is 5.84. The fourth-order valence-electron chi connectivity index (χ4n) is 2.22. The van der Waals surface area contributed by atoms with Gasteiger partial charge >= 0.3 is 0 Å². The molecule has 0 N–H and O–H groups in total. The van der Waals surface area contributed by atoms with E-state index >= 15 is 0 Å². The summed E-state index contributed by atoms with van der Waals surface area (Å²) in [4.78, 5) is 13.5. The Hall–Kier alpha value is -1.31. The summed E-state index contributed by atoms with van der Waals surface area (Å²) in [6, 6.07) is 8.41. The lowest BCUT2D eigenvalue weighted by Gasteiger charge is -2.27. The predicted molar refractivity (Wildman–Crippen MR) is 67.0 cm³/mol. The van der Waals surface area contributed by atoms with Crippen LogP contribution in [0.15, 0.2) is 24.3 Å². The largest absolute Gasteiger partial charge is 0.364 e. The lowest BCUT2D eigenvalue weighted by atomic mass is 9.85. The number of benzene rings is 1. The minimum absolute atomic E-state index is 0.127. The number of hydrogen-bond acceptors (Lipinski definition) is 2. The summed E-state index contributed by atoms with van der Waals surface area (Å²) in [6.45, 7) is 8.08. The third-order valence-electron chi connectivity index (χ3n) is 3.08. The van der Waals surface area contributed by atoms with Gasteiger partial charge in [-0.2, -0.15) is 0 Å². The maximum Gasteiger partial charge on any atom is 0.153 e. The van der Waals surface area contributed by atoms with E-state index < -0.39 is 0 Å². The number of carbonyl (C=O) groups is 1. The number of ketones is 1. The fraction of sp³-hybridized carbons (Fsp3) is 0.500. The Morgan fingerprint density at radius 3 is 2.44 bits per heavy atom. The van der Waals surface area contributed by atoms with Crippen molar-refractivity contribution in [1.29, 1.82) is 0 Å². The van der Waals surface area contributed by atoms with E-state index in [1.807, 2.05) is 6.07 Å². The average Bonchev–Trinajstić information content (AvgIpc) is 2.64. The number of rotatable bonds is 1. The maximum absolute atomic E-state index is 11.3. The molecule has 0 bridgehead atoms. The third-order valence-corrected chi connectivity index (χ3v) is 3.08. The summed E-state index contributed by atoms with van der Waals surface area (Å²) >= 11 is 0. The summed E-state index contributed by atoms with van der Waals surface area (Å²) in [6.07, 6.45) is 0.693. The molecule has 0 saturated carbocycles. The van der Waals surface area contributed by atoms with Crippen molar-refractivity contribution < 1.29 is 4.79 Å². The molecule has 1 heterocycles. The molecule has 0 unspecified atom stereocenters. The Labute approximate surface area is 97.3 Å². The van der Waals surface area contributed by atoms with Gasteiger partial charge in [0.25, 0.3) is 0 Å². The molecular formula is C14H19NO. The zero-order valence-corrected chi connectivity index (χ0v) is 10.3. The van der Waals surface area contributed by atoms with Crippen LogP contribution in [0.4, 0.5) is 5.69 Å². The number of para-hydroxylation sites is 1. The summed E-state index contributed by atoms with van der Waals surface area (Å²) < 4.78 is 0. The molecule has 86 valence electrons. The molecule has 1 saturated heterocycles. The molecule has 0 amide bonds. The number of carbonyl (C=O) groups excluding carboxylic acids is 1. The summed E-state index contributed by atoms with van der Waals surface area (Å²) in [5, 5.41) is 0. The summed E-state index contributed by atoms with van der Waals surface area (Å²) in [7, 11) is 0. The molecule has 16 heavy (non-hydrogen) atoms. The van der Waals surface area contributed by atoms with Gasteiger partial charge in [-0.15, -0.1) is 0 Å². The van der Waals surface area contributed by atoms with Crippen LogP contribution in [0.1, 0.15) is 32.8 Å². The molecule has 1 aromatic carbocycles. The van der Waals surface area contributed by atoms with Gasteiger partial charge in [0.05, 0.1) is 6.54 Å². The van der Waals surface area contributed by atoms with Crippen molar-refractivity contribution in [2.45, 2.75) is 32.6 Å². The second-order valence-electron chi connectivity index (χ2n) is 5.48. The van der Waals surface area contributed by atoms with E-state index in [4.69, 9.17) is 0 Å². The predicted octanol–water partition coefficient (Wildman–Crippen LogP) is 2.76. The van der Waals surface area contributed by atoms with Crippen LogP contribution in [0.5, 0.6) is 0 Å². The standard InChI is InChI=1S/C14H19NO/c1-14(2,3)12-6-4-5-7-13(12)15-9-8-11(16)10-15/h4-7H,8-10H2,1-3H3. The topological polar surface area (TPSA) is 20.3 Å². The van der Waals surface area contributed by atoms with Crippen LogP contribution >= 0.6 is 0 Å². The SMILES string of the molecule is CC(C)(C)c1ccccc1N1CCC(=O)C1. The highest BCUT2D eigenvalue weighted by molar-refractivity contribution is 5.87. The van der Waals surface area contributed by atoms with Crippen LogP contribution in [-0.4, -0.2) is 18.9 Å². The van der Waals surface area contributed by atoms with Crippen molar-refractivity contribution >= 4 is 11.5 Å². The first-order chi connectivity index (χ1) is 7.48. The van der Waals surface area contributed by atoms with Crippen molar-refractivity contribution in [3.05, 3.63) is 29.8 Å². The van der Waals surface area contributed by atoms with Gasteiger partial charge in [0.2, 0.25) is 0 Å². The van der Waals surface area contributed by atoms with E-state index in [1.165, 1.54) is 11.3 Å². The van der Waals surface area contributed by atoms with E-state index in [0.717, 1.165) is 6.54 Å². The van der Waals surface area contributed by atoms with Gasteiger partial charge in [-0.05, 0) is 17.0 Å². The normalized spacial score (nSPS) is 16.9. The molecule has 0 aromatic heterocycles. The second kappa shape index (κ2) is 3.93. The molecule has 0 atom stereocenters. The Kier molecular flexibility index (Phi) is 2.75. The van der Waals surface area contributed by atoms with Gasteiger partial charge in [-0.1, -0.05) is 39.0 Å². The molecule has 1 fully saturated rings. The molecule has 1 aliphatic rings. The van der Waals surface area contributed by atoms with E-state index in [0.29, 0.717) is 18.7 Å². The Balaban J connectivity index is 2.37. The van der Waals surface area contributed by atoms with Gasteiger partial charge in [-0.25, -0.2) is 0 Å². The van der Waals surface area contributed by atoms with Crippen LogP contribution in [-0.2, 0) is 10.2 Å². The van der Waals surface area contributed by atoms with E-state index in [-0.39, 0.29) is 5.41 Å². The van der Waals surface area contributed by atoms with Crippen molar-refractivity contribution in [1.82, 2.24) is 0 Å². The minimum Gasteiger partial charge on any atom is -0.364 e. The van der Waals surface area contributed by atoms with Crippen molar-refractivity contribution in [3.8, 4) is 0 Å². The second-order valence-corrected chi connectivity index (χ2v) is 5.48. The first-order valence-corrected chi connectivity index (χ1v) is 5.84. The molecule has 0 radical (unpaired) electrons. The van der Waals surface area contributed by atoms with Crippen LogP contribution in [0.25, 0.3) is 0 Å². The molecule has 1 aromatic rings. The third kappa shape index (κ3) is 2.11. The molecule has 1 aliphatic heterocycles. The first kappa shape index (κ1) is 11.2. The molecule has 2 rings (SSSR count). The van der Waals surface area contributed by atoms with E-state index in [9.17, 15) is 4.79 Å². The average molecular weight is 217 g/mol. The van der Waals surface area contributed by atoms with Crippen molar-refractivity contribution in [2.75, 3.05) is 18.0 Å². The summed E-state index contributed by atoms with van der Waals surface area (Å²) in [5.74, 6) is 0.351. The highest BCUT2D eigenvalue weighted by Gasteiger charge is 2.25. The van der Waals surface area contributed by atoms with E-state index in [1.54, 1.807) is 0 Å². The van der Waals surface area contributed by atoms with Crippen LogP contribution < -0.4 is 4.90 Å². The Morgan fingerprint density at radius 1 is 1.19 bits per heavy atom. The van der Waals surface area contributed by atoms with Gasteiger partial charge in [0.1, 0.15) is 0 Å². The summed E-state index contributed by atoms with van der Waals surface area (Å²) in [5.41, 5.74) is 2.67. The highest BCUT2D eigenvalue weighted by atomic mass is 16.1. The fourth-order valence-corrected chi connectivity index (χ4v) is 2.22. The molecule has 0 aliphatic carbocycles. The van der Waals surface area contributed by atoms with Crippen molar-refractivity contribution in [3.63, 3.8) is 0 Å². The van der Waals surface area contributed by atoms with Gasteiger partial charge in [-0.3, -0.25) is 4.79 Å². The Bertz CT molecular complexity index is 403. The number of anilines is 1. The van der Waals surface area contributed by atoms with Crippen molar-refractivity contribution in [2.24, 2.45) is 0 Å². The smallest absolute Gasteiger partial charge is 0.153 e. The zero-order valence-electron chi connectivity index (χ0n) is 10.3. The lowest BCUT2D eigenvalue weighted by Crippen LogP contribution is -2.24. The van der Waals surface area contributed by atoms with Gasteiger partial charge in [0.15, 0.2) is 5.78 Å². The zero-order chi connectivity index (χ0) is 11.8. The molecule has 0 spiro atoms. The van der Waals surface area contributed by atoms with Crippen LogP contribution in [0.2, 0.25) is 0 Å². The molecule has 2 nitrogen and oxygen atoms in total.